The second-order valence-corrected chi connectivity index (χ2v) is 8.11. The molecule has 2 atom stereocenters. The van der Waals surface area contributed by atoms with Crippen LogP contribution in [0.5, 0.6) is 5.75 Å². The van der Waals surface area contributed by atoms with E-state index in [0.29, 0.717) is 5.69 Å². The summed E-state index contributed by atoms with van der Waals surface area (Å²) in [5, 5.41) is 2.65. The number of aryl methyl sites for hydroxylation is 1. The zero-order valence-electron chi connectivity index (χ0n) is 18.1. The van der Waals surface area contributed by atoms with Gasteiger partial charge in [0.05, 0.1) is 18.3 Å². The Kier molecular flexibility index (Phi) is 7.83. The van der Waals surface area contributed by atoms with Crippen molar-refractivity contribution in [1.29, 1.82) is 0 Å². The predicted molar refractivity (Wildman–Crippen MR) is 115 cm³/mol. The van der Waals surface area contributed by atoms with Gasteiger partial charge >= 0.3 is 12.1 Å². The zero-order valence-corrected chi connectivity index (χ0v) is 18.1. The second-order valence-electron chi connectivity index (χ2n) is 8.11. The van der Waals surface area contributed by atoms with Crippen molar-refractivity contribution in [1.82, 2.24) is 5.32 Å². The Morgan fingerprint density at radius 2 is 1.77 bits per heavy atom. The fourth-order valence-electron chi connectivity index (χ4n) is 2.64. The number of hydrogen-bond acceptors (Lipinski definition) is 6. The summed E-state index contributed by atoms with van der Waals surface area (Å²) >= 11 is 0. The molecule has 0 heterocycles. The Hall–Kier alpha value is -3.06. The van der Waals surface area contributed by atoms with Crippen LogP contribution in [0.4, 0.5) is 10.5 Å². The molecule has 1 amide bonds. The highest BCUT2D eigenvalue weighted by Crippen LogP contribution is 2.23. The number of amides is 1. The Morgan fingerprint density at radius 1 is 1.10 bits per heavy atom. The number of nitrogens with two attached hydrogens (primary N) is 1. The van der Waals surface area contributed by atoms with Crippen molar-refractivity contribution < 1.29 is 23.8 Å². The lowest BCUT2D eigenvalue weighted by atomic mass is 10.1. The molecular weight excluding hydrogens is 384 g/mol. The average molecular weight is 415 g/mol. The van der Waals surface area contributed by atoms with E-state index in [1.807, 2.05) is 43.3 Å². The SMILES string of the molecule is Cc1ccc(N)c(OC(=O)C(OCc2ccccc2)C(C)NC(=O)OC(C)(C)C)c1. The lowest BCUT2D eigenvalue weighted by Crippen LogP contribution is -2.49. The number of benzene rings is 2. The van der Waals surface area contributed by atoms with Gasteiger partial charge < -0.3 is 25.3 Å². The van der Waals surface area contributed by atoms with Crippen LogP contribution in [0.25, 0.3) is 0 Å². The van der Waals surface area contributed by atoms with Crippen LogP contribution in [0.3, 0.4) is 0 Å². The molecule has 162 valence electrons. The van der Waals surface area contributed by atoms with Gasteiger partial charge in [0, 0.05) is 0 Å². The molecule has 0 aliphatic rings. The molecule has 0 radical (unpaired) electrons. The van der Waals surface area contributed by atoms with Crippen molar-refractivity contribution in [2.45, 2.75) is 59.0 Å². The summed E-state index contributed by atoms with van der Waals surface area (Å²) < 4.78 is 16.6. The number of alkyl carbamates (subject to hydrolysis) is 1. The van der Waals surface area contributed by atoms with E-state index in [1.165, 1.54) is 0 Å². The predicted octanol–water partition coefficient (Wildman–Crippen LogP) is 3.98. The minimum atomic E-state index is -1.07. The molecule has 7 heteroatoms. The molecule has 30 heavy (non-hydrogen) atoms. The van der Waals surface area contributed by atoms with Gasteiger partial charge in [0.1, 0.15) is 5.60 Å². The summed E-state index contributed by atoms with van der Waals surface area (Å²) in [6.07, 6.45) is -1.72. The van der Waals surface area contributed by atoms with E-state index in [2.05, 4.69) is 5.32 Å². The molecule has 2 aromatic carbocycles. The maximum absolute atomic E-state index is 12.9. The van der Waals surface area contributed by atoms with Gasteiger partial charge in [0.15, 0.2) is 11.9 Å². The molecule has 2 aromatic rings. The molecule has 2 rings (SSSR count). The molecule has 0 saturated carbocycles. The van der Waals surface area contributed by atoms with Gasteiger partial charge in [0.25, 0.3) is 0 Å². The average Bonchev–Trinajstić information content (AvgIpc) is 2.64. The largest absolute Gasteiger partial charge is 0.444 e. The topological polar surface area (TPSA) is 99.9 Å². The molecule has 0 aliphatic heterocycles. The highest BCUT2D eigenvalue weighted by Gasteiger charge is 2.31. The molecule has 0 bridgehead atoms. The smallest absolute Gasteiger partial charge is 0.407 e. The molecule has 0 aliphatic carbocycles. The van der Waals surface area contributed by atoms with Crippen LogP contribution >= 0.6 is 0 Å². The van der Waals surface area contributed by atoms with E-state index in [1.54, 1.807) is 39.8 Å². The standard InChI is InChI=1S/C23H30N2O5/c1-15-11-12-18(24)19(13-15)29-21(26)20(28-14-17-9-7-6-8-10-17)16(2)25-22(27)30-23(3,4)5/h6-13,16,20H,14,24H2,1-5H3,(H,25,27). The number of nitrogens with one attached hydrogen (secondary N) is 1. The Bertz CT molecular complexity index is 862. The van der Waals surface area contributed by atoms with Gasteiger partial charge in [-0.3, -0.25) is 0 Å². The van der Waals surface area contributed by atoms with Crippen molar-refractivity contribution in [3.8, 4) is 5.75 Å². The van der Waals surface area contributed by atoms with Gasteiger partial charge in [-0.05, 0) is 57.9 Å². The number of ether oxygens (including phenoxy) is 3. The van der Waals surface area contributed by atoms with E-state index in [0.717, 1.165) is 11.1 Å². The minimum absolute atomic E-state index is 0.171. The van der Waals surface area contributed by atoms with Crippen molar-refractivity contribution in [3.05, 3.63) is 59.7 Å². The van der Waals surface area contributed by atoms with Gasteiger partial charge in [-0.25, -0.2) is 9.59 Å². The monoisotopic (exact) mass is 414 g/mol. The highest BCUT2D eigenvalue weighted by atomic mass is 16.6. The molecule has 0 aromatic heterocycles. The van der Waals surface area contributed by atoms with Crippen molar-refractivity contribution in [2.75, 3.05) is 5.73 Å². The van der Waals surface area contributed by atoms with Crippen LogP contribution in [-0.2, 0) is 20.9 Å². The number of carbonyl (C=O) groups excluding carboxylic acids is 2. The summed E-state index contributed by atoms with van der Waals surface area (Å²) in [6.45, 7) is 8.97. The van der Waals surface area contributed by atoms with E-state index < -0.39 is 29.8 Å². The summed E-state index contributed by atoms with van der Waals surface area (Å²) in [5.41, 5.74) is 7.37. The molecular formula is C23H30N2O5. The normalized spacial score (nSPS) is 13.2. The van der Waals surface area contributed by atoms with Crippen LogP contribution in [0.15, 0.2) is 48.5 Å². The third kappa shape index (κ3) is 7.40. The van der Waals surface area contributed by atoms with Gasteiger partial charge in [-0.15, -0.1) is 0 Å². The van der Waals surface area contributed by atoms with Crippen LogP contribution < -0.4 is 15.8 Å². The van der Waals surface area contributed by atoms with E-state index >= 15 is 0 Å². The highest BCUT2D eigenvalue weighted by molar-refractivity contribution is 5.80. The number of esters is 1. The first kappa shape index (κ1) is 23.2. The maximum atomic E-state index is 12.9. The maximum Gasteiger partial charge on any atom is 0.407 e. The molecule has 0 saturated heterocycles. The Balaban J connectivity index is 2.15. The zero-order chi connectivity index (χ0) is 22.3. The second kappa shape index (κ2) is 10.1. The van der Waals surface area contributed by atoms with Crippen LogP contribution in [-0.4, -0.2) is 29.8 Å². The number of rotatable bonds is 7. The summed E-state index contributed by atoms with van der Waals surface area (Å²) in [4.78, 5) is 25.1. The van der Waals surface area contributed by atoms with Gasteiger partial charge in [-0.1, -0.05) is 36.4 Å². The third-order valence-corrected chi connectivity index (χ3v) is 4.08. The molecule has 3 N–H and O–H groups in total. The summed E-state index contributed by atoms with van der Waals surface area (Å²) in [5.74, 6) is -0.412. The number of carbonyl (C=O) groups is 2. The fourth-order valence-corrected chi connectivity index (χ4v) is 2.64. The number of hydrogen-bond donors (Lipinski definition) is 2. The quantitative estimate of drug-likeness (QED) is 0.404. The van der Waals surface area contributed by atoms with Crippen LogP contribution in [0.2, 0.25) is 0 Å². The van der Waals surface area contributed by atoms with Crippen molar-refractivity contribution in [3.63, 3.8) is 0 Å². The lowest BCUT2D eigenvalue weighted by molar-refractivity contribution is -0.150. The summed E-state index contributed by atoms with van der Waals surface area (Å²) in [6, 6.07) is 13.9. The Morgan fingerprint density at radius 3 is 2.40 bits per heavy atom. The van der Waals surface area contributed by atoms with Crippen molar-refractivity contribution in [2.24, 2.45) is 0 Å². The molecule has 0 fully saturated rings. The van der Waals surface area contributed by atoms with Crippen LogP contribution in [0.1, 0.15) is 38.8 Å². The van der Waals surface area contributed by atoms with Crippen molar-refractivity contribution >= 4 is 17.7 Å². The van der Waals surface area contributed by atoms with Gasteiger partial charge in [0.2, 0.25) is 0 Å². The first-order valence-corrected chi connectivity index (χ1v) is 9.78. The Labute approximate surface area is 177 Å². The lowest BCUT2D eigenvalue weighted by Gasteiger charge is -2.26. The first-order chi connectivity index (χ1) is 14.0. The van der Waals surface area contributed by atoms with Gasteiger partial charge in [-0.2, -0.15) is 0 Å². The first-order valence-electron chi connectivity index (χ1n) is 9.78. The molecule has 7 nitrogen and oxygen atoms in total. The number of anilines is 1. The molecule has 2 unspecified atom stereocenters. The van der Waals surface area contributed by atoms with E-state index in [-0.39, 0.29) is 12.4 Å². The van der Waals surface area contributed by atoms with E-state index in [4.69, 9.17) is 19.9 Å². The van der Waals surface area contributed by atoms with E-state index in [9.17, 15) is 9.59 Å². The minimum Gasteiger partial charge on any atom is -0.444 e. The summed E-state index contributed by atoms with van der Waals surface area (Å²) in [7, 11) is 0. The fraction of sp³-hybridized carbons (Fsp3) is 0.391. The number of nitrogen functional groups attached to an aromatic ring is 1. The molecule has 0 spiro atoms. The van der Waals surface area contributed by atoms with Crippen LogP contribution in [0, 0.1) is 6.92 Å². The third-order valence-electron chi connectivity index (χ3n) is 4.08.